The summed E-state index contributed by atoms with van der Waals surface area (Å²) in [5.74, 6) is -0.899. The number of allylic oxidation sites excluding steroid dienone is 1. The van der Waals surface area contributed by atoms with Crippen molar-refractivity contribution in [1.82, 2.24) is 0 Å². The van der Waals surface area contributed by atoms with Crippen molar-refractivity contribution in [2.45, 2.75) is 13.8 Å². The number of carbonyl (C=O) groups is 1. The van der Waals surface area contributed by atoms with Gasteiger partial charge >= 0.3 is 0 Å². The van der Waals surface area contributed by atoms with Crippen LogP contribution in [0.5, 0.6) is 0 Å². The zero-order valence-electron chi connectivity index (χ0n) is 12.7. The average Bonchev–Trinajstić information content (AvgIpc) is 2.49. The summed E-state index contributed by atoms with van der Waals surface area (Å²) in [7, 11) is 0. The van der Waals surface area contributed by atoms with Crippen molar-refractivity contribution in [3.05, 3.63) is 75.6 Å². The summed E-state index contributed by atoms with van der Waals surface area (Å²) in [6.07, 6.45) is 1.25. The quantitative estimate of drug-likeness (QED) is 0.525. The SMILES string of the molecule is C/C(=C/C(=O)Nc1ccc(C)c([N+](=O)[O-])c1)c1ccccc1F. The lowest BCUT2D eigenvalue weighted by atomic mass is 10.1. The summed E-state index contributed by atoms with van der Waals surface area (Å²) < 4.78 is 13.7. The van der Waals surface area contributed by atoms with Gasteiger partial charge in [0.1, 0.15) is 5.82 Å². The molecule has 2 rings (SSSR count). The van der Waals surface area contributed by atoms with Crippen molar-refractivity contribution in [2.75, 3.05) is 5.32 Å². The molecule has 23 heavy (non-hydrogen) atoms. The molecule has 0 bridgehead atoms. The molecule has 1 N–H and O–H groups in total. The zero-order chi connectivity index (χ0) is 17.0. The first-order valence-corrected chi connectivity index (χ1v) is 6.87. The van der Waals surface area contributed by atoms with Crippen molar-refractivity contribution in [3.63, 3.8) is 0 Å². The van der Waals surface area contributed by atoms with Crippen LogP contribution in [0, 0.1) is 22.9 Å². The zero-order valence-corrected chi connectivity index (χ0v) is 12.7. The van der Waals surface area contributed by atoms with E-state index in [2.05, 4.69) is 5.32 Å². The number of nitrogens with one attached hydrogen (secondary N) is 1. The molecule has 2 aromatic rings. The van der Waals surface area contributed by atoms with Gasteiger partial charge in [-0.15, -0.1) is 0 Å². The van der Waals surface area contributed by atoms with Gasteiger partial charge in [0.05, 0.1) is 4.92 Å². The third-order valence-electron chi connectivity index (χ3n) is 3.32. The molecule has 0 unspecified atom stereocenters. The number of aryl methyl sites for hydroxylation is 1. The number of carbonyl (C=O) groups excluding carboxylic acids is 1. The van der Waals surface area contributed by atoms with E-state index in [0.717, 1.165) is 0 Å². The monoisotopic (exact) mass is 314 g/mol. The predicted octanol–water partition coefficient (Wildman–Crippen LogP) is 4.08. The number of halogens is 1. The number of amides is 1. The number of nitrogens with zero attached hydrogens (tertiary/aromatic N) is 1. The van der Waals surface area contributed by atoms with Crippen LogP contribution in [0.3, 0.4) is 0 Å². The maximum atomic E-state index is 13.7. The second-order valence-electron chi connectivity index (χ2n) is 5.05. The summed E-state index contributed by atoms with van der Waals surface area (Å²) in [5.41, 5.74) is 1.54. The first kappa shape index (κ1) is 16.4. The minimum Gasteiger partial charge on any atom is -0.322 e. The van der Waals surface area contributed by atoms with E-state index >= 15 is 0 Å². The highest BCUT2D eigenvalue weighted by Crippen LogP contribution is 2.23. The van der Waals surface area contributed by atoms with Crippen molar-refractivity contribution in [2.24, 2.45) is 0 Å². The van der Waals surface area contributed by atoms with E-state index in [0.29, 0.717) is 22.4 Å². The number of nitro benzene ring substituents is 1. The fourth-order valence-corrected chi connectivity index (χ4v) is 2.12. The van der Waals surface area contributed by atoms with Gasteiger partial charge in [0.25, 0.3) is 5.69 Å². The van der Waals surface area contributed by atoms with Crippen LogP contribution >= 0.6 is 0 Å². The highest BCUT2D eigenvalue weighted by Gasteiger charge is 2.12. The van der Waals surface area contributed by atoms with Crippen molar-refractivity contribution in [1.29, 1.82) is 0 Å². The average molecular weight is 314 g/mol. The molecule has 0 atom stereocenters. The highest BCUT2D eigenvalue weighted by atomic mass is 19.1. The van der Waals surface area contributed by atoms with Crippen LogP contribution in [0.1, 0.15) is 18.1 Å². The summed E-state index contributed by atoms with van der Waals surface area (Å²) >= 11 is 0. The Balaban J connectivity index is 2.20. The summed E-state index contributed by atoms with van der Waals surface area (Å²) in [4.78, 5) is 22.4. The molecular weight excluding hydrogens is 299 g/mol. The molecule has 2 aromatic carbocycles. The van der Waals surface area contributed by atoms with Gasteiger partial charge in [0.15, 0.2) is 0 Å². The molecule has 0 aliphatic heterocycles. The van der Waals surface area contributed by atoms with Gasteiger partial charge in [-0.2, -0.15) is 0 Å². The van der Waals surface area contributed by atoms with Crippen molar-refractivity contribution in [3.8, 4) is 0 Å². The summed E-state index contributed by atoms with van der Waals surface area (Å²) in [5, 5.41) is 13.4. The van der Waals surface area contributed by atoms with Crippen LogP contribution in [-0.2, 0) is 4.79 Å². The number of nitro groups is 1. The number of benzene rings is 2. The molecule has 1 amide bonds. The molecule has 5 nitrogen and oxygen atoms in total. The molecule has 0 saturated carbocycles. The molecule has 0 radical (unpaired) electrons. The van der Waals surface area contributed by atoms with Gasteiger partial charge in [0.2, 0.25) is 5.91 Å². The second-order valence-corrected chi connectivity index (χ2v) is 5.05. The third-order valence-corrected chi connectivity index (χ3v) is 3.32. The maximum Gasteiger partial charge on any atom is 0.274 e. The van der Waals surface area contributed by atoms with E-state index in [1.165, 1.54) is 18.2 Å². The molecule has 0 saturated heterocycles. The van der Waals surface area contributed by atoms with Crippen LogP contribution < -0.4 is 5.32 Å². The standard InChI is InChI=1S/C17H15FN2O3/c1-11-7-8-13(10-16(11)20(22)23)19-17(21)9-12(2)14-5-3-4-6-15(14)18/h3-10H,1-2H3,(H,19,21)/b12-9-. The lowest BCUT2D eigenvalue weighted by molar-refractivity contribution is -0.385. The fourth-order valence-electron chi connectivity index (χ4n) is 2.12. The Bertz CT molecular complexity index is 800. The van der Waals surface area contributed by atoms with E-state index in [4.69, 9.17) is 0 Å². The lowest BCUT2D eigenvalue weighted by Crippen LogP contribution is -2.09. The Labute approximate surface area is 132 Å². The van der Waals surface area contributed by atoms with Gasteiger partial charge in [-0.1, -0.05) is 24.3 Å². The van der Waals surface area contributed by atoms with Crippen LogP contribution in [-0.4, -0.2) is 10.8 Å². The largest absolute Gasteiger partial charge is 0.322 e. The Morgan fingerprint density at radius 3 is 2.61 bits per heavy atom. The van der Waals surface area contributed by atoms with Gasteiger partial charge in [0, 0.05) is 29.0 Å². The minimum absolute atomic E-state index is 0.0717. The number of hydrogen-bond acceptors (Lipinski definition) is 3. The first-order valence-electron chi connectivity index (χ1n) is 6.87. The van der Waals surface area contributed by atoms with Crippen molar-refractivity contribution >= 4 is 22.9 Å². The van der Waals surface area contributed by atoms with Crippen LogP contribution in [0.2, 0.25) is 0 Å². The highest BCUT2D eigenvalue weighted by molar-refractivity contribution is 6.04. The van der Waals surface area contributed by atoms with E-state index in [1.54, 1.807) is 44.2 Å². The lowest BCUT2D eigenvalue weighted by Gasteiger charge is -2.06. The topological polar surface area (TPSA) is 72.2 Å². The van der Waals surface area contributed by atoms with E-state index in [-0.39, 0.29) is 5.69 Å². The number of rotatable bonds is 4. The Hall–Kier alpha value is -3.02. The molecule has 6 heteroatoms. The third kappa shape index (κ3) is 4.00. The molecule has 0 fully saturated rings. The molecule has 0 spiro atoms. The van der Waals surface area contributed by atoms with E-state index < -0.39 is 16.6 Å². The molecule has 0 heterocycles. The molecular formula is C17H15FN2O3. The number of anilines is 1. The maximum absolute atomic E-state index is 13.7. The Morgan fingerprint density at radius 2 is 1.96 bits per heavy atom. The molecule has 0 aliphatic rings. The van der Waals surface area contributed by atoms with Gasteiger partial charge in [-0.25, -0.2) is 4.39 Å². The predicted molar refractivity (Wildman–Crippen MR) is 86.5 cm³/mol. The van der Waals surface area contributed by atoms with Gasteiger partial charge in [-0.3, -0.25) is 14.9 Å². The Morgan fingerprint density at radius 1 is 1.26 bits per heavy atom. The minimum atomic E-state index is -0.509. The van der Waals surface area contributed by atoms with Crippen LogP contribution in [0.15, 0.2) is 48.5 Å². The fraction of sp³-hybridized carbons (Fsp3) is 0.118. The molecule has 118 valence electrons. The normalized spacial score (nSPS) is 11.2. The van der Waals surface area contributed by atoms with E-state index in [1.807, 2.05) is 0 Å². The van der Waals surface area contributed by atoms with E-state index in [9.17, 15) is 19.3 Å². The summed E-state index contributed by atoms with van der Waals surface area (Å²) in [6.45, 7) is 3.24. The van der Waals surface area contributed by atoms with Crippen LogP contribution in [0.4, 0.5) is 15.8 Å². The smallest absolute Gasteiger partial charge is 0.274 e. The molecule has 0 aromatic heterocycles. The van der Waals surface area contributed by atoms with Crippen LogP contribution in [0.25, 0.3) is 5.57 Å². The first-order chi connectivity index (χ1) is 10.9. The summed E-state index contributed by atoms with van der Waals surface area (Å²) in [6, 6.07) is 10.6. The molecule has 0 aliphatic carbocycles. The Kier molecular flexibility index (Phi) is 4.85. The number of hydrogen-bond donors (Lipinski definition) is 1. The van der Waals surface area contributed by atoms with Crippen molar-refractivity contribution < 1.29 is 14.1 Å². The second kappa shape index (κ2) is 6.83. The van der Waals surface area contributed by atoms with Gasteiger partial charge in [-0.05, 0) is 31.6 Å². The van der Waals surface area contributed by atoms with Gasteiger partial charge < -0.3 is 5.32 Å².